The van der Waals surface area contributed by atoms with E-state index < -0.39 is 0 Å². The first-order valence-electron chi connectivity index (χ1n) is 12.8. The second-order valence-corrected chi connectivity index (χ2v) is 11.5. The van der Waals surface area contributed by atoms with Crippen LogP contribution in [-0.4, -0.2) is 23.0 Å². The number of nitrogens with one attached hydrogen (secondary N) is 1. The van der Waals surface area contributed by atoms with E-state index >= 15 is 0 Å². The summed E-state index contributed by atoms with van der Waals surface area (Å²) >= 11 is 1.68. The van der Waals surface area contributed by atoms with Crippen LogP contribution in [0, 0.1) is 18.3 Å². The Morgan fingerprint density at radius 3 is 2.31 bits per heavy atom. The summed E-state index contributed by atoms with van der Waals surface area (Å²) in [4.78, 5) is 7.97. The zero-order valence-corrected chi connectivity index (χ0v) is 24.1. The molecular formula is C31H48N4S. The fraction of sp³-hybridized carbons (Fsp3) is 0.452. The molecule has 1 atom stereocenters. The van der Waals surface area contributed by atoms with E-state index in [9.17, 15) is 0 Å². The number of hydrogen-bond acceptors (Lipinski definition) is 5. The van der Waals surface area contributed by atoms with E-state index in [4.69, 9.17) is 5.73 Å². The molecule has 3 rings (SSSR count). The number of thiazole rings is 1. The van der Waals surface area contributed by atoms with Gasteiger partial charge in [-0.15, -0.1) is 17.9 Å². The predicted octanol–water partition coefficient (Wildman–Crippen LogP) is 8.05. The van der Waals surface area contributed by atoms with Crippen molar-refractivity contribution in [3.8, 4) is 10.4 Å². The number of aryl methyl sites for hydroxylation is 1. The maximum Gasteiger partial charge on any atom is 0.0801 e. The number of likely N-dealkylation sites (tertiary alicyclic amines) is 1. The first-order chi connectivity index (χ1) is 17.0. The second-order valence-electron chi connectivity index (χ2n) is 10.7. The van der Waals surface area contributed by atoms with Crippen molar-refractivity contribution < 1.29 is 0 Å². The van der Waals surface area contributed by atoms with E-state index in [2.05, 4.69) is 93.5 Å². The molecule has 2 aromatic rings. The van der Waals surface area contributed by atoms with Crippen LogP contribution < -0.4 is 11.1 Å². The Bertz CT molecular complexity index is 950. The molecule has 0 aliphatic carbocycles. The first-order valence-corrected chi connectivity index (χ1v) is 13.6. The van der Waals surface area contributed by atoms with Gasteiger partial charge in [-0.05, 0) is 61.3 Å². The normalized spacial score (nSPS) is 14.6. The number of nitrogens with two attached hydrogens (primary N) is 1. The van der Waals surface area contributed by atoms with Gasteiger partial charge < -0.3 is 16.0 Å². The van der Waals surface area contributed by atoms with E-state index in [0.717, 1.165) is 43.1 Å². The highest BCUT2D eigenvalue weighted by molar-refractivity contribution is 7.13. The van der Waals surface area contributed by atoms with Crippen LogP contribution in [0.3, 0.4) is 0 Å². The van der Waals surface area contributed by atoms with Gasteiger partial charge in [-0.1, -0.05) is 77.8 Å². The van der Waals surface area contributed by atoms with Crippen molar-refractivity contribution in [2.75, 3.05) is 13.1 Å². The van der Waals surface area contributed by atoms with Crippen LogP contribution in [0.2, 0.25) is 0 Å². The molecule has 1 saturated heterocycles. The molecule has 3 N–H and O–H groups in total. The van der Waals surface area contributed by atoms with Crippen LogP contribution in [0.25, 0.3) is 10.4 Å². The Hall–Kier alpha value is -2.79. The topological polar surface area (TPSA) is 54.2 Å². The fourth-order valence-corrected chi connectivity index (χ4v) is 4.59. The Morgan fingerprint density at radius 2 is 1.89 bits per heavy atom. The molecule has 0 bridgehead atoms. The summed E-state index contributed by atoms with van der Waals surface area (Å²) in [7, 11) is 0. The molecule has 1 aliphatic heterocycles. The molecule has 0 radical (unpaired) electrons. The Kier molecular flexibility index (Phi) is 13.9. The number of aromatic nitrogens is 1. The van der Waals surface area contributed by atoms with Gasteiger partial charge in [0.15, 0.2) is 0 Å². The molecule has 1 fully saturated rings. The number of rotatable bonds is 9. The van der Waals surface area contributed by atoms with E-state index in [1.165, 1.54) is 41.2 Å². The monoisotopic (exact) mass is 508 g/mol. The van der Waals surface area contributed by atoms with E-state index in [1.54, 1.807) is 17.5 Å². The number of nitrogens with zero attached hydrogens (tertiary/aromatic N) is 2. The molecule has 5 heteroatoms. The standard InChI is InChI=1S/C13H14N2S.C12H23N.C6H11N/c1-3-14-8-11-4-6-12(7-5-11)13-10(2)15-9-16-13;1-10-6-7-13(9-10)11(2)8-12(3,4)5;1-3-4-5-6(2)7/h3-7,9,14H,1,8H2,2H3;10H,2,6-9H2,1,3-5H3;3H,1-2,4-5,7H2. The van der Waals surface area contributed by atoms with Crippen LogP contribution in [0.5, 0.6) is 0 Å². The fourth-order valence-electron chi connectivity index (χ4n) is 3.78. The predicted molar refractivity (Wildman–Crippen MR) is 161 cm³/mol. The third-order valence-electron chi connectivity index (χ3n) is 5.69. The molecule has 1 aromatic heterocycles. The van der Waals surface area contributed by atoms with Crippen molar-refractivity contribution in [1.82, 2.24) is 15.2 Å². The minimum Gasteiger partial charge on any atom is -0.403 e. The molecule has 4 nitrogen and oxygen atoms in total. The quantitative estimate of drug-likeness (QED) is 0.336. The van der Waals surface area contributed by atoms with Crippen LogP contribution in [-0.2, 0) is 6.54 Å². The smallest absolute Gasteiger partial charge is 0.0801 e. The first kappa shape index (κ1) is 31.2. The molecule has 2 heterocycles. The van der Waals surface area contributed by atoms with Gasteiger partial charge in [0.05, 0.1) is 16.1 Å². The average molecular weight is 509 g/mol. The molecule has 1 aromatic carbocycles. The highest BCUT2D eigenvalue weighted by Gasteiger charge is 2.22. The molecule has 198 valence electrons. The summed E-state index contributed by atoms with van der Waals surface area (Å²) < 4.78 is 0. The summed E-state index contributed by atoms with van der Waals surface area (Å²) in [5, 5.41) is 3.08. The SMILES string of the molecule is C=C(CC(C)(C)C)N1CCC(C)C1.C=CCCC(=C)N.C=CNCc1ccc(-c2scnc2C)cc1. The summed E-state index contributed by atoms with van der Waals surface area (Å²) in [6, 6.07) is 8.54. The molecular weight excluding hydrogens is 460 g/mol. The molecule has 0 amide bonds. The van der Waals surface area contributed by atoms with Crippen LogP contribution in [0.4, 0.5) is 0 Å². The van der Waals surface area contributed by atoms with Gasteiger partial charge in [0.2, 0.25) is 0 Å². The summed E-state index contributed by atoms with van der Waals surface area (Å²) in [5.41, 5.74) is 13.2. The molecule has 36 heavy (non-hydrogen) atoms. The van der Waals surface area contributed by atoms with Crippen molar-refractivity contribution >= 4 is 11.3 Å². The lowest BCUT2D eigenvalue weighted by atomic mass is 9.90. The van der Waals surface area contributed by atoms with Crippen LogP contribution in [0.1, 0.15) is 64.6 Å². The summed E-state index contributed by atoms with van der Waals surface area (Å²) in [5.74, 6) is 0.858. The number of allylic oxidation sites excluding steroid dienone is 3. The van der Waals surface area contributed by atoms with Crippen molar-refractivity contribution in [2.45, 2.75) is 66.8 Å². The summed E-state index contributed by atoms with van der Waals surface area (Å²) in [6.45, 7) is 29.3. The van der Waals surface area contributed by atoms with E-state index in [1.807, 2.05) is 18.5 Å². The lowest BCUT2D eigenvalue weighted by molar-refractivity contribution is 0.324. The minimum atomic E-state index is 0.378. The Balaban J connectivity index is 0.000000292. The molecule has 0 spiro atoms. The highest BCUT2D eigenvalue weighted by Crippen LogP contribution is 2.29. The lowest BCUT2D eigenvalue weighted by Gasteiger charge is -2.27. The van der Waals surface area contributed by atoms with Gasteiger partial charge in [-0.25, -0.2) is 4.98 Å². The Labute approximate surface area is 224 Å². The summed E-state index contributed by atoms with van der Waals surface area (Å²) in [6.07, 6.45) is 7.81. The zero-order chi connectivity index (χ0) is 27.1. The maximum atomic E-state index is 5.24. The maximum absolute atomic E-state index is 5.24. The molecule has 1 aliphatic rings. The van der Waals surface area contributed by atoms with Gasteiger partial charge in [-0.3, -0.25) is 0 Å². The minimum absolute atomic E-state index is 0.378. The van der Waals surface area contributed by atoms with E-state index in [-0.39, 0.29) is 0 Å². The average Bonchev–Trinajstić information content (AvgIpc) is 3.44. The third-order valence-corrected chi connectivity index (χ3v) is 6.66. The Morgan fingerprint density at radius 1 is 1.22 bits per heavy atom. The van der Waals surface area contributed by atoms with E-state index in [0.29, 0.717) is 5.41 Å². The number of benzene rings is 1. The van der Waals surface area contributed by atoms with Gasteiger partial charge >= 0.3 is 0 Å². The number of hydrogen-bond donors (Lipinski definition) is 2. The van der Waals surface area contributed by atoms with Crippen molar-refractivity contribution in [1.29, 1.82) is 0 Å². The lowest BCUT2D eigenvalue weighted by Crippen LogP contribution is -2.22. The van der Waals surface area contributed by atoms with Gasteiger partial charge in [0.1, 0.15) is 0 Å². The van der Waals surface area contributed by atoms with Gasteiger partial charge in [0.25, 0.3) is 0 Å². The van der Waals surface area contributed by atoms with Gasteiger partial charge in [0, 0.05) is 31.0 Å². The highest BCUT2D eigenvalue weighted by atomic mass is 32.1. The third kappa shape index (κ3) is 12.8. The zero-order valence-electron chi connectivity index (χ0n) is 23.3. The molecule has 0 saturated carbocycles. The van der Waals surface area contributed by atoms with Crippen LogP contribution in [0.15, 0.2) is 79.8 Å². The largest absolute Gasteiger partial charge is 0.403 e. The second kappa shape index (κ2) is 16.1. The van der Waals surface area contributed by atoms with Gasteiger partial charge in [-0.2, -0.15) is 0 Å². The van der Waals surface area contributed by atoms with Crippen molar-refractivity contribution in [2.24, 2.45) is 17.1 Å². The van der Waals surface area contributed by atoms with Crippen LogP contribution >= 0.6 is 11.3 Å². The van der Waals surface area contributed by atoms with Crippen molar-refractivity contribution in [3.63, 3.8) is 0 Å². The van der Waals surface area contributed by atoms with Crippen molar-refractivity contribution in [3.05, 3.63) is 91.0 Å². The molecule has 1 unspecified atom stereocenters.